The van der Waals surface area contributed by atoms with Crippen LogP contribution in [0.15, 0.2) is 9.98 Å². The Morgan fingerprint density at radius 2 is 1.05 bits per heavy atom. The van der Waals surface area contributed by atoms with Gasteiger partial charge >= 0.3 is 0 Å². The molecule has 2 heteroatoms. The van der Waals surface area contributed by atoms with E-state index >= 15 is 0 Å². The van der Waals surface area contributed by atoms with E-state index < -0.39 is 0 Å². The molecule has 2 fully saturated rings. The van der Waals surface area contributed by atoms with Crippen LogP contribution in [-0.2, 0) is 0 Å². The van der Waals surface area contributed by atoms with Gasteiger partial charge in [-0.2, -0.15) is 0 Å². The van der Waals surface area contributed by atoms with Crippen LogP contribution in [0.3, 0.4) is 0 Å². The van der Waals surface area contributed by atoms with E-state index in [2.05, 4.69) is 29.8 Å². The molecule has 2 aliphatic carbocycles. The molecule has 2 nitrogen and oxygen atoms in total. The molecule has 21 heavy (non-hydrogen) atoms. The van der Waals surface area contributed by atoms with E-state index in [4.69, 9.17) is 0 Å². The molecule has 0 radical (unpaired) electrons. The summed E-state index contributed by atoms with van der Waals surface area (Å²) >= 11 is 0. The molecule has 0 amide bonds. The van der Waals surface area contributed by atoms with Crippen LogP contribution in [-0.4, -0.2) is 18.1 Å². The summed E-state index contributed by atoms with van der Waals surface area (Å²) in [6.45, 7) is 4.46. The van der Waals surface area contributed by atoms with Gasteiger partial charge in [0.05, 0.1) is 18.1 Å². The summed E-state index contributed by atoms with van der Waals surface area (Å²) in [5, 5.41) is 0. The Morgan fingerprint density at radius 1 is 0.667 bits per heavy atom. The van der Waals surface area contributed by atoms with Crippen molar-refractivity contribution in [3.05, 3.63) is 0 Å². The highest BCUT2D eigenvalue weighted by atomic mass is 14.9. The zero-order valence-electron chi connectivity index (χ0n) is 14.4. The van der Waals surface area contributed by atoms with Gasteiger partial charge in [0.15, 0.2) is 0 Å². The zero-order valence-corrected chi connectivity index (χ0v) is 14.4. The third-order valence-electron chi connectivity index (χ3n) is 4.59. The summed E-state index contributed by atoms with van der Waals surface area (Å²) < 4.78 is 0. The van der Waals surface area contributed by atoms with Gasteiger partial charge in [-0.3, -0.25) is 0 Å². The third kappa shape index (κ3) is 9.85. The first kappa shape index (κ1) is 18.4. The van der Waals surface area contributed by atoms with Gasteiger partial charge in [-0.15, -0.1) is 0 Å². The zero-order chi connectivity index (χ0) is 15.2. The summed E-state index contributed by atoms with van der Waals surface area (Å²) in [6.07, 6.45) is 18.7. The third-order valence-corrected chi connectivity index (χ3v) is 4.59. The maximum absolute atomic E-state index is 4.46. The van der Waals surface area contributed by atoms with Crippen molar-refractivity contribution in [3.63, 3.8) is 0 Å². The molecule has 2 saturated carbocycles. The van der Waals surface area contributed by atoms with Crippen LogP contribution in [0, 0.1) is 0 Å². The maximum Gasteiger partial charge on any atom is 0.0898 e. The Balaban J connectivity index is 0.000000315. The van der Waals surface area contributed by atoms with Crippen LogP contribution in [0.1, 0.15) is 104 Å². The second-order valence-electron chi connectivity index (χ2n) is 6.65. The van der Waals surface area contributed by atoms with Crippen molar-refractivity contribution in [3.8, 4) is 0 Å². The lowest BCUT2D eigenvalue weighted by Gasteiger charge is -2.17. The molecule has 0 aromatic heterocycles. The molecule has 0 aromatic rings. The minimum atomic E-state index is 0.533. The number of hydrogen-bond donors (Lipinski definition) is 0. The first-order chi connectivity index (χ1) is 10.4. The quantitative estimate of drug-likeness (QED) is 0.413. The van der Waals surface area contributed by atoms with Gasteiger partial charge in [0.1, 0.15) is 0 Å². The standard InChI is InChI=1S/C13H22N2.C6H14/c1-3-7-12(8-4-1)14-11-15-13-9-5-2-6-10-13;1-3-5-6-4-2/h12-13H,1-10H2;3-6H2,1-2H3. The van der Waals surface area contributed by atoms with Crippen LogP contribution < -0.4 is 0 Å². The van der Waals surface area contributed by atoms with Crippen molar-refractivity contribution in [1.29, 1.82) is 0 Å². The van der Waals surface area contributed by atoms with E-state index in [0.29, 0.717) is 12.1 Å². The smallest absolute Gasteiger partial charge is 0.0898 e. The Labute approximate surface area is 132 Å². The Morgan fingerprint density at radius 3 is 1.38 bits per heavy atom. The SMILES string of the molecule is C(=NC1CCCCC1)=NC1CCCCC1.CCCCCC. The normalized spacial score (nSPS) is 20.1. The van der Waals surface area contributed by atoms with Gasteiger partial charge in [-0.1, -0.05) is 78.1 Å². The van der Waals surface area contributed by atoms with Crippen molar-refractivity contribution >= 4 is 6.01 Å². The van der Waals surface area contributed by atoms with Crippen LogP contribution in [0.2, 0.25) is 0 Å². The summed E-state index contributed by atoms with van der Waals surface area (Å²) in [5.41, 5.74) is 0. The molecular weight excluding hydrogens is 256 g/mol. The second-order valence-corrected chi connectivity index (χ2v) is 6.65. The summed E-state index contributed by atoms with van der Waals surface area (Å²) in [5.74, 6) is 0. The van der Waals surface area contributed by atoms with Gasteiger partial charge in [0.2, 0.25) is 0 Å². The minimum Gasteiger partial charge on any atom is -0.222 e. The van der Waals surface area contributed by atoms with Gasteiger partial charge in [-0.25, -0.2) is 9.98 Å². The van der Waals surface area contributed by atoms with E-state index in [-0.39, 0.29) is 0 Å². The number of rotatable bonds is 5. The summed E-state index contributed by atoms with van der Waals surface area (Å²) in [7, 11) is 0. The lowest BCUT2D eigenvalue weighted by molar-refractivity contribution is 0.438. The lowest BCUT2D eigenvalue weighted by Crippen LogP contribution is -2.10. The average molecular weight is 293 g/mol. The van der Waals surface area contributed by atoms with Crippen molar-refractivity contribution in [2.45, 2.75) is 116 Å². The molecule has 0 N–H and O–H groups in total. The fourth-order valence-electron chi connectivity index (χ4n) is 3.12. The predicted octanol–water partition coefficient (Wildman–Crippen LogP) is 6.41. The van der Waals surface area contributed by atoms with E-state index in [1.54, 1.807) is 0 Å². The van der Waals surface area contributed by atoms with Gasteiger partial charge < -0.3 is 0 Å². The lowest BCUT2D eigenvalue weighted by atomic mass is 9.96. The van der Waals surface area contributed by atoms with Gasteiger partial charge in [0.25, 0.3) is 0 Å². The molecule has 122 valence electrons. The minimum absolute atomic E-state index is 0.533. The Hall–Kier alpha value is -0.620. The van der Waals surface area contributed by atoms with E-state index in [1.807, 2.05) is 0 Å². The van der Waals surface area contributed by atoms with Crippen LogP contribution in [0.5, 0.6) is 0 Å². The average Bonchev–Trinajstić information content (AvgIpc) is 2.55. The van der Waals surface area contributed by atoms with Crippen LogP contribution >= 0.6 is 0 Å². The van der Waals surface area contributed by atoms with E-state index in [0.717, 1.165) is 0 Å². The fraction of sp³-hybridized carbons (Fsp3) is 0.947. The topological polar surface area (TPSA) is 24.7 Å². The summed E-state index contributed by atoms with van der Waals surface area (Å²) in [6, 6.07) is 4.04. The maximum atomic E-state index is 4.46. The van der Waals surface area contributed by atoms with E-state index in [9.17, 15) is 0 Å². The highest BCUT2D eigenvalue weighted by molar-refractivity contribution is 5.42. The van der Waals surface area contributed by atoms with Gasteiger partial charge in [0, 0.05) is 0 Å². The molecule has 2 rings (SSSR count). The second kappa shape index (κ2) is 13.1. The van der Waals surface area contributed by atoms with Crippen LogP contribution in [0.4, 0.5) is 0 Å². The molecule has 0 saturated heterocycles. The first-order valence-corrected chi connectivity index (χ1v) is 9.51. The molecule has 0 bridgehead atoms. The largest absolute Gasteiger partial charge is 0.222 e. The molecule has 0 spiro atoms. The number of hydrogen-bond acceptors (Lipinski definition) is 2. The van der Waals surface area contributed by atoms with Crippen molar-refractivity contribution in [1.82, 2.24) is 0 Å². The number of unbranched alkanes of at least 4 members (excludes halogenated alkanes) is 3. The molecule has 0 atom stereocenters. The van der Waals surface area contributed by atoms with Crippen molar-refractivity contribution in [2.24, 2.45) is 9.98 Å². The fourth-order valence-corrected chi connectivity index (χ4v) is 3.12. The number of nitrogens with zero attached hydrogens (tertiary/aromatic N) is 2. The van der Waals surface area contributed by atoms with Gasteiger partial charge in [-0.05, 0) is 25.7 Å². The first-order valence-electron chi connectivity index (χ1n) is 9.51. The van der Waals surface area contributed by atoms with Crippen LogP contribution in [0.25, 0.3) is 0 Å². The molecule has 2 aliphatic rings. The molecule has 0 unspecified atom stereocenters. The van der Waals surface area contributed by atoms with Crippen molar-refractivity contribution in [2.75, 3.05) is 0 Å². The summed E-state index contributed by atoms with van der Waals surface area (Å²) in [4.78, 5) is 8.92. The number of aliphatic imine (C=N–C) groups is 2. The monoisotopic (exact) mass is 292 g/mol. The Kier molecular flexibility index (Phi) is 11.5. The molecular formula is C19H36N2. The van der Waals surface area contributed by atoms with E-state index in [1.165, 1.54) is 89.9 Å². The molecule has 0 aromatic carbocycles. The Bertz CT molecular complexity index is 254. The highest BCUT2D eigenvalue weighted by Crippen LogP contribution is 2.21. The predicted molar refractivity (Wildman–Crippen MR) is 93.4 cm³/mol. The van der Waals surface area contributed by atoms with Crippen molar-refractivity contribution < 1.29 is 0 Å². The molecule has 0 aliphatic heterocycles. The molecule has 0 heterocycles. The highest BCUT2D eigenvalue weighted by Gasteiger charge is 2.12.